The van der Waals surface area contributed by atoms with Gasteiger partial charge in [-0.05, 0) is 48.5 Å². The van der Waals surface area contributed by atoms with Crippen molar-refractivity contribution in [3.05, 3.63) is 53.0 Å². The first-order valence-electron chi connectivity index (χ1n) is 8.15. The second kappa shape index (κ2) is 9.55. The highest BCUT2D eigenvalue weighted by atomic mass is 79.9. The van der Waals surface area contributed by atoms with E-state index in [1.165, 1.54) is 28.2 Å². The summed E-state index contributed by atoms with van der Waals surface area (Å²) < 4.78 is 27.3. The summed E-state index contributed by atoms with van der Waals surface area (Å²) in [7, 11) is -3.48. The Morgan fingerprint density at radius 2 is 1.62 bits per heavy atom. The van der Waals surface area contributed by atoms with Crippen LogP contribution in [0.25, 0.3) is 0 Å². The lowest BCUT2D eigenvalue weighted by Crippen LogP contribution is -2.30. The Kier molecular flexibility index (Phi) is 7.69. The molecule has 0 fully saturated rings. The Balaban J connectivity index is 1.96. The molecule has 0 aliphatic heterocycles. The summed E-state index contributed by atoms with van der Waals surface area (Å²) in [4.78, 5) is 13.3. The maximum absolute atomic E-state index is 12.4. The number of nitrogens with zero attached hydrogens (tertiary/aromatic N) is 1. The molecule has 0 bridgehead atoms. The number of anilines is 1. The van der Waals surface area contributed by atoms with E-state index in [1.54, 1.807) is 26.0 Å². The molecule has 0 saturated heterocycles. The van der Waals surface area contributed by atoms with Crippen molar-refractivity contribution in [3.63, 3.8) is 0 Å². The van der Waals surface area contributed by atoms with E-state index in [2.05, 4.69) is 21.2 Å². The van der Waals surface area contributed by atoms with E-state index in [0.717, 1.165) is 9.37 Å². The van der Waals surface area contributed by atoms with E-state index in [0.29, 0.717) is 18.8 Å². The van der Waals surface area contributed by atoms with Crippen molar-refractivity contribution in [1.82, 2.24) is 4.31 Å². The fourth-order valence-electron chi connectivity index (χ4n) is 2.30. The third-order valence-electron chi connectivity index (χ3n) is 3.66. The number of halogens is 1. The largest absolute Gasteiger partial charge is 0.325 e. The number of thioether (sulfide) groups is 1. The van der Waals surface area contributed by atoms with Gasteiger partial charge < -0.3 is 5.32 Å². The molecule has 0 heterocycles. The predicted octanol–water partition coefficient (Wildman–Crippen LogP) is 4.21. The molecule has 0 unspecified atom stereocenters. The van der Waals surface area contributed by atoms with Crippen molar-refractivity contribution >= 4 is 49.3 Å². The van der Waals surface area contributed by atoms with Crippen molar-refractivity contribution in [2.45, 2.75) is 23.6 Å². The average molecular weight is 457 g/mol. The number of sulfonamides is 1. The number of carbonyl (C=O) groups is 1. The van der Waals surface area contributed by atoms with Crippen LogP contribution in [0.2, 0.25) is 0 Å². The second-order valence-corrected chi connectivity index (χ2v) is 9.31. The molecule has 0 spiro atoms. The minimum absolute atomic E-state index is 0.141. The molecule has 5 nitrogen and oxygen atoms in total. The van der Waals surface area contributed by atoms with Crippen molar-refractivity contribution in [1.29, 1.82) is 0 Å². The van der Waals surface area contributed by atoms with Crippen molar-refractivity contribution in [2.24, 2.45) is 0 Å². The summed E-state index contributed by atoms with van der Waals surface area (Å²) >= 11 is 4.81. The topological polar surface area (TPSA) is 66.5 Å². The average Bonchev–Trinajstić information content (AvgIpc) is 2.62. The van der Waals surface area contributed by atoms with Gasteiger partial charge in [-0.25, -0.2) is 8.42 Å². The molecule has 0 aliphatic carbocycles. The minimum Gasteiger partial charge on any atom is -0.325 e. The highest BCUT2D eigenvalue weighted by Gasteiger charge is 2.21. The Morgan fingerprint density at radius 1 is 1.04 bits per heavy atom. The quantitative estimate of drug-likeness (QED) is 0.604. The zero-order valence-corrected chi connectivity index (χ0v) is 17.8. The predicted molar refractivity (Wildman–Crippen MR) is 110 cm³/mol. The molecule has 0 radical (unpaired) electrons. The molecular weight excluding hydrogens is 436 g/mol. The number of nitrogens with one attached hydrogen (secondary N) is 1. The Bertz CT molecular complexity index is 834. The molecule has 0 atom stereocenters. The van der Waals surface area contributed by atoms with Crippen LogP contribution in [-0.2, 0) is 14.8 Å². The molecule has 2 aromatic carbocycles. The highest BCUT2D eigenvalue weighted by Crippen LogP contribution is 2.22. The van der Waals surface area contributed by atoms with E-state index in [-0.39, 0.29) is 16.6 Å². The lowest BCUT2D eigenvalue weighted by Gasteiger charge is -2.18. The van der Waals surface area contributed by atoms with Crippen molar-refractivity contribution in [2.75, 3.05) is 24.2 Å². The van der Waals surface area contributed by atoms with Gasteiger partial charge in [0.1, 0.15) is 0 Å². The molecule has 140 valence electrons. The highest BCUT2D eigenvalue weighted by molar-refractivity contribution is 9.10. The number of hydrogen-bond donors (Lipinski definition) is 1. The van der Waals surface area contributed by atoms with Crippen LogP contribution < -0.4 is 5.32 Å². The summed E-state index contributed by atoms with van der Waals surface area (Å²) in [6.07, 6.45) is 0. The zero-order chi connectivity index (χ0) is 19.2. The number of carbonyl (C=O) groups excluding carboxylic acids is 1. The van der Waals surface area contributed by atoms with Gasteiger partial charge in [0.2, 0.25) is 15.9 Å². The third kappa shape index (κ3) is 5.57. The molecular formula is C18H21BrN2O3S2. The van der Waals surface area contributed by atoms with Gasteiger partial charge >= 0.3 is 0 Å². The standard InChI is InChI=1S/C18H21BrN2O3S2/c1-3-21(4-2)26(23,24)17-11-7-15(8-12-17)20-18(22)13-25-16-9-5-14(19)6-10-16/h5-12H,3-4,13H2,1-2H3,(H,20,22). The van der Waals surface area contributed by atoms with Gasteiger partial charge in [-0.15, -0.1) is 11.8 Å². The first-order chi connectivity index (χ1) is 12.4. The van der Waals surface area contributed by atoms with Crippen LogP contribution in [0.4, 0.5) is 5.69 Å². The van der Waals surface area contributed by atoms with E-state index >= 15 is 0 Å². The van der Waals surface area contributed by atoms with Gasteiger partial charge in [0.15, 0.2) is 0 Å². The summed E-state index contributed by atoms with van der Waals surface area (Å²) in [6, 6.07) is 14.0. The molecule has 0 aliphatic rings. The monoisotopic (exact) mass is 456 g/mol. The van der Waals surface area contributed by atoms with Crippen LogP contribution in [0.1, 0.15) is 13.8 Å². The molecule has 26 heavy (non-hydrogen) atoms. The second-order valence-electron chi connectivity index (χ2n) is 5.40. The summed E-state index contributed by atoms with van der Waals surface area (Å²) in [5.74, 6) is 0.137. The summed E-state index contributed by atoms with van der Waals surface area (Å²) in [5, 5.41) is 2.78. The van der Waals surface area contributed by atoms with Gasteiger partial charge in [-0.3, -0.25) is 4.79 Å². The van der Waals surface area contributed by atoms with Crippen LogP contribution >= 0.6 is 27.7 Å². The van der Waals surface area contributed by atoms with Crippen LogP contribution in [0.3, 0.4) is 0 Å². The third-order valence-corrected chi connectivity index (χ3v) is 7.27. The SMILES string of the molecule is CCN(CC)S(=O)(=O)c1ccc(NC(=O)CSc2ccc(Br)cc2)cc1. The normalized spacial score (nSPS) is 11.5. The Morgan fingerprint density at radius 3 is 2.15 bits per heavy atom. The van der Waals surface area contributed by atoms with Gasteiger partial charge in [0.25, 0.3) is 0 Å². The van der Waals surface area contributed by atoms with Gasteiger partial charge in [0.05, 0.1) is 10.6 Å². The molecule has 0 aromatic heterocycles. The van der Waals surface area contributed by atoms with Gasteiger partial charge in [-0.1, -0.05) is 29.8 Å². The fourth-order valence-corrected chi connectivity index (χ4v) is 4.72. The van der Waals surface area contributed by atoms with E-state index in [4.69, 9.17) is 0 Å². The van der Waals surface area contributed by atoms with Crippen LogP contribution in [0, 0.1) is 0 Å². The van der Waals surface area contributed by atoms with Gasteiger partial charge in [-0.2, -0.15) is 4.31 Å². The zero-order valence-electron chi connectivity index (χ0n) is 14.6. The lowest BCUT2D eigenvalue weighted by atomic mass is 10.3. The van der Waals surface area contributed by atoms with Crippen LogP contribution in [0.15, 0.2) is 62.8 Å². The number of hydrogen-bond acceptors (Lipinski definition) is 4. The van der Waals surface area contributed by atoms with Crippen molar-refractivity contribution in [3.8, 4) is 0 Å². The molecule has 1 amide bonds. The number of amides is 1. The first kappa shape index (κ1) is 21.0. The Hall–Kier alpha value is -1.35. The Labute approximate surface area is 167 Å². The van der Waals surface area contributed by atoms with Crippen LogP contribution in [0.5, 0.6) is 0 Å². The maximum atomic E-state index is 12.4. The molecule has 0 saturated carbocycles. The van der Waals surface area contributed by atoms with E-state index in [1.807, 2.05) is 24.3 Å². The van der Waals surface area contributed by atoms with Gasteiger partial charge in [0, 0.05) is 28.1 Å². The first-order valence-corrected chi connectivity index (χ1v) is 11.4. The molecule has 1 N–H and O–H groups in total. The smallest absolute Gasteiger partial charge is 0.243 e. The minimum atomic E-state index is -3.48. The molecule has 2 aromatic rings. The lowest BCUT2D eigenvalue weighted by molar-refractivity contribution is -0.113. The van der Waals surface area contributed by atoms with Crippen LogP contribution in [-0.4, -0.2) is 37.5 Å². The van der Waals surface area contributed by atoms with E-state index in [9.17, 15) is 13.2 Å². The fraction of sp³-hybridized carbons (Fsp3) is 0.278. The van der Waals surface area contributed by atoms with E-state index < -0.39 is 10.0 Å². The summed E-state index contributed by atoms with van der Waals surface area (Å²) in [6.45, 7) is 4.45. The maximum Gasteiger partial charge on any atom is 0.243 e. The molecule has 2 rings (SSSR count). The number of benzene rings is 2. The number of rotatable bonds is 8. The molecule has 8 heteroatoms. The van der Waals surface area contributed by atoms with Crippen molar-refractivity contribution < 1.29 is 13.2 Å². The summed E-state index contributed by atoms with van der Waals surface area (Å²) in [5.41, 5.74) is 0.574.